The van der Waals surface area contributed by atoms with E-state index >= 15 is 0 Å². The van der Waals surface area contributed by atoms with Crippen molar-refractivity contribution in [1.29, 1.82) is 0 Å². The highest BCUT2D eigenvalue weighted by molar-refractivity contribution is 7.85. The quantitative estimate of drug-likeness (QED) is 0.304. The molecule has 1 heterocycles. The van der Waals surface area contributed by atoms with E-state index < -0.39 is 15.7 Å². The number of nitro groups is 1. The van der Waals surface area contributed by atoms with Crippen molar-refractivity contribution in [3.8, 4) is 23.0 Å². The SMILES string of the molecule is COc1ccc(N2CCc3cc(OC)c(OC)cc3[C@@H]2C[S@@](=O)c2ccccc2[N+](=O)[O-])cc1OC. The van der Waals surface area contributed by atoms with Crippen molar-refractivity contribution in [2.75, 3.05) is 45.6 Å². The Labute approximate surface area is 212 Å². The molecule has 0 fully saturated rings. The van der Waals surface area contributed by atoms with Crippen LogP contribution in [-0.4, -0.2) is 49.9 Å². The first-order valence-corrected chi connectivity index (χ1v) is 12.6. The third-order valence-corrected chi connectivity index (χ3v) is 7.77. The molecule has 0 saturated carbocycles. The second kappa shape index (κ2) is 10.9. The largest absolute Gasteiger partial charge is 0.493 e. The van der Waals surface area contributed by atoms with Gasteiger partial charge in [-0.3, -0.25) is 14.3 Å². The van der Waals surface area contributed by atoms with Crippen LogP contribution in [0.15, 0.2) is 59.5 Å². The van der Waals surface area contributed by atoms with Gasteiger partial charge in [-0.15, -0.1) is 0 Å². The number of rotatable bonds is 9. The van der Waals surface area contributed by atoms with Crippen LogP contribution in [-0.2, 0) is 17.2 Å². The number of benzene rings is 3. The molecule has 0 spiro atoms. The summed E-state index contributed by atoms with van der Waals surface area (Å²) >= 11 is 0. The first-order chi connectivity index (χ1) is 17.4. The van der Waals surface area contributed by atoms with Gasteiger partial charge in [0.1, 0.15) is 4.90 Å². The highest BCUT2D eigenvalue weighted by Gasteiger charge is 2.33. The van der Waals surface area contributed by atoms with Gasteiger partial charge in [-0.2, -0.15) is 0 Å². The Morgan fingerprint density at radius 1 is 0.917 bits per heavy atom. The number of nitro benzene ring substituents is 1. The topological polar surface area (TPSA) is 100 Å². The second-order valence-electron chi connectivity index (χ2n) is 8.14. The lowest BCUT2D eigenvalue weighted by Gasteiger charge is -2.39. The predicted molar refractivity (Wildman–Crippen MR) is 137 cm³/mol. The Hall–Kier alpha value is -3.79. The van der Waals surface area contributed by atoms with Crippen LogP contribution in [0, 0.1) is 10.1 Å². The number of hydrogen-bond acceptors (Lipinski definition) is 8. The van der Waals surface area contributed by atoms with Crippen molar-refractivity contribution in [1.82, 2.24) is 0 Å². The van der Waals surface area contributed by atoms with Gasteiger partial charge in [-0.1, -0.05) is 12.1 Å². The van der Waals surface area contributed by atoms with Crippen LogP contribution in [0.3, 0.4) is 0 Å². The van der Waals surface area contributed by atoms with E-state index in [2.05, 4.69) is 4.90 Å². The van der Waals surface area contributed by atoms with Crippen molar-refractivity contribution in [2.24, 2.45) is 0 Å². The molecular formula is C26H28N2O7S. The minimum Gasteiger partial charge on any atom is -0.493 e. The summed E-state index contributed by atoms with van der Waals surface area (Å²) in [5.41, 5.74) is 2.68. The van der Waals surface area contributed by atoms with Gasteiger partial charge in [0.15, 0.2) is 23.0 Å². The van der Waals surface area contributed by atoms with Crippen LogP contribution in [0.4, 0.5) is 11.4 Å². The molecule has 3 aromatic carbocycles. The normalized spacial score (nSPS) is 15.6. The molecule has 1 aliphatic rings. The molecule has 9 nitrogen and oxygen atoms in total. The molecule has 0 unspecified atom stereocenters. The van der Waals surface area contributed by atoms with E-state index in [9.17, 15) is 14.3 Å². The maximum atomic E-state index is 13.6. The Morgan fingerprint density at radius 2 is 1.56 bits per heavy atom. The second-order valence-corrected chi connectivity index (χ2v) is 9.61. The maximum absolute atomic E-state index is 13.6. The van der Waals surface area contributed by atoms with Gasteiger partial charge in [0.2, 0.25) is 0 Å². The van der Waals surface area contributed by atoms with Crippen LogP contribution in [0.2, 0.25) is 0 Å². The van der Waals surface area contributed by atoms with E-state index in [1.165, 1.54) is 6.07 Å². The molecule has 190 valence electrons. The first kappa shape index (κ1) is 25.3. The van der Waals surface area contributed by atoms with Crippen molar-refractivity contribution < 1.29 is 28.1 Å². The standard InChI is InChI=1S/C26H28N2O7S/c1-32-22-10-9-18(14-24(22)34-3)27-12-11-17-13-23(33-2)25(35-4)15-19(17)21(27)16-36(31)26-8-6-5-7-20(26)28(29)30/h5-10,13-15,21H,11-12,16H2,1-4H3/t21-,36+/m0/s1. The summed E-state index contributed by atoms with van der Waals surface area (Å²) in [7, 11) is 4.65. The van der Waals surface area contributed by atoms with E-state index in [0.29, 0.717) is 29.5 Å². The molecular weight excluding hydrogens is 484 g/mol. The van der Waals surface area contributed by atoms with Crippen LogP contribution in [0.25, 0.3) is 0 Å². The number of fused-ring (bicyclic) bond motifs is 1. The molecule has 0 aliphatic carbocycles. The van der Waals surface area contributed by atoms with Gasteiger partial charge in [0.25, 0.3) is 5.69 Å². The minimum absolute atomic E-state index is 0.141. The molecule has 3 aromatic rings. The molecule has 0 N–H and O–H groups in total. The number of nitrogens with zero attached hydrogens (tertiary/aromatic N) is 2. The Kier molecular flexibility index (Phi) is 7.64. The molecule has 0 amide bonds. The van der Waals surface area contributed by atoms with Gasteiger partial charge in [0, 0.05) is 24.4 Å². The van der Waals surface area contributed by atoms with Crippen LogP contribution in [0.5, 0.6) is 23.0 Å². The van der Waals surface area contributed by atoms with E-state index in [0.717, 1.165) is 23.2 Å². The molecule has 36 heavy (non-hydrogen) atoms. The van der Waals surface area contributed by atoms with Crippen LogP contribution in [0.1, 0.15) is 17.2 Å². The highest BCUT2D eigenvalue weighted by atomic mass is 32.2. The predicted octanol–water partition coefficient (Wildman–Crippen LogP) is 4.54. The smallest absolute Gasteiger partial charge is 0.285 e. The van der Waals surface area contributed by atoms with Crippen molar-refractivity contribution in [3.05, 3.63) is 75.8 Å². The molecule has 2 atom stereocenters. The highest BCUT2D eigenvalue weighted by Crippen LogP contribution is 2.42. The summed E-state index contributed by atoms with van der Waals surface area (Å²) < 4.78 is 35.5. The fourth-order valence-corrected chi connectivity index (χ4v) is 5.99. The lowest BCUT2D eigenvalue weighted by atomic mass is 9.92. The lowest BCUT2D eigenvalue weighted by molar-refractivity contribution is -0.387. The maximum Gasteiger partial charge on any atom is 0.285 e. The summed E-state index contributed by atoms with van der Waals surface area (Å²) in [6, 6.07) is 15.3. The van der Waals surface area contributed by atoms with Gasteiger partial charge in [-0.05, 0) is 47.9 Å². The van der Waals surface area contributed by atoms with Crippen LogP contribution < -0.4 is 23.8 Å². The summed E-state index contributed by atoms with van der Waals surface area (Å²) in [5.74, 6) is 2.50. The Bertz CT molecular complexity index is 1300. The average Bonchev–Trinajstić information content (AvgIpc) is 2.91. The summed E-state index contributed by atoms with van der Waals surface area (Å²) in [6.07, 6.45) is 0.721. The molecule has 0 aromatic heterocycles. The van der Waals surface area contributed by atoms with E-state index in [1.54, 1.807) is 46.6 Å². The molecule has 4 rings (SSSR count). The monoisotopic (exact) mass is 512 g/mol. The van der Waals surface area contributed by atoms with Crippen molar-refractivity contribution in [3.63, 3.8) is 0 Å². The fourth-order valence-electron chi connectivity index (χ4n) is 4.55. The van der Waals surface area contributed by atoms with Gasteiger partial charge >= 0.3 is 0 Å². The van der Waals surface area contributed by atoms with Gasteiger partial charge in [-0.25, -0.2) is 0 Å². The number of methoxy groups -OCH3 is 4. The summed E-state index contributed by atoms with van der Waals surface area (Å²) in [6.45, 7) is 0.636. The lowest BCUT2D eigenvalue weighted by Crippen LogP contribution is -2.38. The zero-order valence-electron chi connectivity index (χ0n) is 20.6. The minimum atomic E-state index is -1.66. The Balaban J connectivity index is 1.81. The number of ether oxygens (including phenoxy) is 4. The zero-order chi connectivity index (χ0) is 25.8. The van der Waals surface area contributed by atoms with Crippen LogP contribution >= 0.6 is 0 Å². The van der Waals surface area contributed by atoms with Gasteiger partial charge in [0.05, 0.1) is 56.0 Å². The fraction of sp³-hybridized carbons (Fsp3) is 0.308. The molecule has 0 radical (unpaired) electrons. The van der Waals surface area contributed by atoms with E-state index in [-0.39, 0.29) is 22.4 Å². The number of anilines is 1. The Morgan fingerprint density at radius 3 is 2.22 bits per heavy atom. The van der Waals surface area contributed by atoms with E-state index in [1.807, 2.05) is 30.3 Å². The average molecular weight is 513 g/mol. The molecule has 0 saturated heterocycles. The molecule has 0 bridgehead atoms. The third-order valence-electron chi connectivity index (χ3n) is 6.32. The molecule has 10 heteroatoms. The zero-order valence-corrected chi connectivity index (χ0v) is 21.4. The van der Waals surface area contributed by atoms with Crippen molar-refractivity contribution in [2.45, 2.75) is 17.4 Å². The number of hydrogen-bond donors (Lipinski definition) is 0. The number of para-hydroxylation sites is 1. The van der Waals surface area contributed by atoms with Gasteiger partial charge < -0.3 is 23.8 Å². The molecule has 1 aliphatic heterocycles. The van der Waals surface area contributed by atoms with Crippen molar-refractivity contribution >= 4 is 22.2 Å². The third kappa shape index (κ3) is 4.81. The van der Waals surface area contributed by atoms with E-state index in [4.69, 9.17) is 18.9 Å². The summed E-state index contributed by atoms with van der Waals surface area (Å²) in [5, 5.41) is 11.6. The first-order valence-electron chi connectivity index (χ1n) is 11.3. The summed E-state index contributed by atoms with van der Waals surface area (Å²) in [4.78, 5) is 13.4.